The lowest BCUT2D eigenvalue weighted by molar-refractivity contribution is -0.142. The number of ether oxygens (including phenoxy) is 1. The zero-order valence-corrected chi connectivity index (χ0v) is 14.9. The lowest BCUT2D eigenvalue weighted by atomic mass is 9.96. The van der Waals surface area contributed by atoms with Crippen LogP contribution in [0.2, 0.25) is 0 Å². The van der Waals surface area contributed by atoms with Crippen molar-refractivity contribution in [2.75, 3.05) is 32.8 Å². The molecule has 0 spiro atoms. The Hall–Kier alpha value is -2.11. The van der Waals surface area contributed by atoms with Crippen LogP contribution in [0.1, 0.15) is 32.1 Å². The molecule has 2 heterocycles. The molecule has 0 aromatic carbocycles. The van der Waals surface area contributed by atoms with Crippen molar-refractivity contribution in [2.45, 2.75) is 44.2 Å². The van der Waals surface area contributed by atoms with E-state index in [0.717, 1.165) is 32.4 Å². The zero-order valence-electron chi connectivity index (χ0n) is 14.9. The van der Waals surface area contributed by atoms with Gasteiger partial charge in [-0.2, -0.15) is 0 Å². The van der Waals surface area contributed by atoms with Gasteiger partial charge in [0.1, 0.15) is 12.6 Å². The molecule has 2 amide bonds. The number of terminal acetylenes is 1. The summed E-state index contributed by atoms with van der Waals surface area (Å²) in [5.74, 6) is 0.420. The second kappa shape index (κ2) is 10.1. The fraction of sp³-hybridized carbons (Fsp3) is 0.722. The summed E-state index contributed by atoms with van der Waals surface area (Å²) in [6.07, 6.45) is 8.22. The van der Waals surface area contributed by atoms with Crippen LogP contribution in [0.5, 0.6) is 0 Å². The molecule has 26 heavy (non-hydrogen) atoms. The van der Waals surface area contributed by atoms with Gasteiger partial charge in [0.15, 0.2) is 0 Å². The van der Waals surface area contributed by atoms with E-state index in [9.17, 15) is 14.4 Å². The Morgan fingerprint density at radius 3 is 2.69 bits per heavy atom. The van der Waals surface area contributed by atoms with Gasteiger partial charge in [0.2, 0.25) is 11.8 Å². The highest BCUT2D eigenvalue weighted by atomic mass is 16.5. The number of piperidine rings is 2. The summed E-state index contributed by atoms with van der Waals surface area (Å²) in [7, 11) is 0. The Labute approximate surface area is 153 Å². The molecule has 2 aliphatic heterocycles. The summed E-state index contributed by atoms with van der Waals surface area (Å²) in [6, 6.07) is -0.839. The Morgan fingerprint density at radius 2 is 2.04 bits per heavy atom. The van der Waals surface area contributed by atoms with Crippen LogP contribution in [0.25, 0.3) is 0 Å². The average molecular weight is 365 g/mol. The van der Waals surface area contributed by atoms with Crippen LogP contribution >= 0.6 is 0 Å². The molecule has 144 valence electrons. The van der Waals surface area contributed by atoms with Gasteiger partial charge in [-0.05, 0) is 38.8 Å². The first kappa shape index (κ1) is 20.2. The highest BCUT2D eigenvalue weighted by Crippen LogP contribution is 2.18. The number of carboxylic acids is 1. The molecule has 0 radical (unpaired) electrons. The Bertz CT molecular complexity index is 554. The number of carboxylic acid groups (broad SMARTS) is 1. The van der Waals surface area contributed by atoms with E-state index in [0.29, 0.717) is 19.5 Å². The largest absolute Gasteiger partial charge is 0.481 e. The monoisotopic (exact) mass is 365 g/mol. The molecule has 2 rings (SSSR count). The van der Waals surface area contributed by atoms with Crippen LogP contribution in [-0.2, 0) is 19.1 Å². The third-order valence-electron chi connectivity index (χ3n) is 4.77. The minimum Gasteiger partial charge on any atom is -0.481 e. The first-order valence-electron chi connectivity index (χ1n) is 9.08. The molecule has 0 aliphatic carbocycles. The first-order chi connectivity index (χ1) is 12.5. The molecular weight excluding hydrogens is 338 g/mol. The quantitative estimate of drug-likeness (QED) is 0.529. The van der Waals surface area contributed by atoms with Gasteiger partial charge >= 0.3 is 5.97 Å². The standard InChI is InChI=1S/C18H27N3O5/c1-2-14(10-17(23)24)20-18(25)13-4-3-9-21(11-13)16(22)12-26-15-5-7-19-8-6-15/h1,13-15,19H,3-12H2,(H,20,25)(H,23,24)/t13-,14+/m1/s1. The van der Waals surface area contributed by atoms with Crippen LogP contribution in [-0.4, -0.2) is 72.7 Å². The molecular formula is C18H27N3O5. The summed E-state index contributed by atoms with van der Waals surface area (Å²) >= 11 is 0. The number of likely N-dealkylation sites (tertiary alicyclic amines) is 1. The van der Waals surface area contributed by atoms with E-state index in [-0.39, 0.29) is 36.9 Å². The highest BCUT2D eigenvalue weighted by Gasteiger charge is 2.30. The molecule has 0 unspecified atom stereocenters. The number of nitrogens with one attached hydrogen (secondary N) is 2. The molecule has 0 saturated carbocycles. The predicted octanol–water partition coefficient (Wildman–Crippen LogP) is -0.414. The normalized spacial score (nSPS) is 22.3. The van der Waals surface area contributed by atoms with Crippen molar-refractivity contribution in [2.24, 2.45) is 5.92 Å². The van der Waals surface area contributed by atoms with E-state index in [1.54, 1.807) is 4.90 Å². The number of carbonyl (C=O) groups is 3. The maximum absolute atomic E-state index is 12.4. The minimum atomic E-state index is -1.07. The number of aliphatic carboxylic acids is 1. The van der Waals surface area contributed by atoms with Crippen molar-refractivity contribution >= 4 is 17.8 Å². The van der Waals surface area contributed by atoms with Gasteiger partial charge in [0.25, 0.3) is 0 Å². The van der Waals surface area contributed by atoms with Crippen molar-refractivity contribution in [3.8, 4) is 12.3 Å². The molecule has 0 bridgehead atoms. The van der Waals surface area contributed by atoms with Gasteiger partial charge in [-0.1, -0.05) is 5.92 Å². The van der Waals surface area contributed by atoms with Gasteiger partial charge < -0.3 is 25.4 Å². The number of hydrogen-bond donors (Lipinski definition) is 3. The number of carbonyl (C=O) groups excluding carboxylic acids is 2. The molecule has 2 fully saturated rings. The van der Waals surface area contributed by atoms with Crippen LogP contribution in [0.15, 0.2) is 0 Å². The smallest absolute Gasteiger partial charge is 0.306 e. The second-order valence-corrected chi connectivity index (χ2v) is 6.76. The molecule has 8 heteroatoms. The summed E-state index contributed by atoms with van der Waals surface area (Å²) in [6.45, 7) is 2.75. The van der Waals surface area contributed by atoms with Crippen molar-refractivity contribution in [1.29, 1.82) is 0 Å². The lowest BCUT2D eigenvalue weighted by Crippen LogP contribution is -2.48. The van der Waals surface area contributed by atoms with E-state index in [1.807, 2.05) is 0 Å². The lowest BCUT2D eigenvalue weighted by Gasteiger charge is -2.33. The molecule has 8 nitrogen and oxygen atoms in total. The molecule has 2 aliphatic rings. The maximum Gasteiger partial charge on any atom is 0.306 e. The van der Waals surface area contributed by atoms with Crippen molar-refractivity contribution in [3.05, 3.63) is 0 Å². The molecule has 2 saturated heterocycles. The number of rotatable bonds is 7. The topological polar surface area (TPSA) is 108 Å². The third-order valence-corrected chi connectivity index (χ3v) is 4.77. The van der Waals surface area contributed by atoms with Gasteiger partial charge in [-0.15, -0.1) is 6.42 Å². The van der Waals surface area contributed by atoms with Crippen molar-refractivity contribution < 1.29 is 24.2 Å². The Morgan fingerprint density at radius 1 is 1.31 bits per heavy atom. The van der Waals surface area contributed by atoms with Crippen molar-refractivity contribution in [1.82, 2.24) is 15.5 Å². The third kappa shape index (κ3) is 6.32. The Kier molecular flexibility index (Phi) is 7.88. The van der Waals surface area contributed by atoms with Crippen LogP contribution < -0.4 is 10.6 Å². The minimum absolute atomic E-state index is 0.0327. The van der Waals surface area contributed by atoms with Crippen molar-refractivity contribution in [3.63, 3.8) is 0 Å². The fourth-order valence-corrected chi connectivity index (χ4v) is 3.28. The number of nitrogens with zero attached hydrogens (tertiary/aromatic N) is 1. The molecule has 3 N–H and O–H groups in total. The summed E-state index contributed by atoms with van der Waals surface area (Å²) in [4.78, 5) is 37.1. The van der Waals surface area contributed by atoms with E-state index in [4.69, 9.17) is 16.3 Å². The van der Waals surface area contributed by atoms with Gasteiger partial charge in [0.05, 0.1) is 18.4 Å². The fourth-order valence-electron chi connectivity index (χ4n) is 3.28. The van der Waals surface area contributed by atoms with Crippen LogP contribution in [0, 0.1) is 18.3 Å². The van der Waals surface area contributed by atoms with Gasteiger partial charge in [-0.25, -0.2) is 0 Å². The average Bonchev–Trinajstić information content (AvgIpc) is 2.66. The molecule has 0 aromatic rings. The predicted molar refractivity (Wildman–Crippen MR) is 94.2 cm³/mol. The van der Waals surface area contributed by atoms with E-state index >= 15 is 0 Å². The summed E-state index contributed by atoms with van der Waals surface area (Å²) in [5.41, 5.74) is 0. The van der Waals surface area contributed by atoms with Crippen LogP contribution in [0.3, 0.4) is 0 Å². The maximum atomic E-state index is 12.4. The van der Waals surface area contributed by atoms with Gasteiger partial charge in [-0.3, -0.25) is 14.4 Å². The Balaban J connectivity index is 1.79. The number of hydrogen-bond acceptors (Lipinski definition) is 5. The summed E-state index contributed by atoms with van der Waals surface area (Å²) in [5, 5.41) is 14.6. The molecule has 2 atom stereocenters. The van der Waals surface area contributed by atoms with E-state index in [2.05, 4.69) is 16.6 Å². The summed E-state index contributed by atoms with van der Waals surface area (Å²) < 4.78 is 5.70. The SMILES string of the molecule is C#C[C@@H](CC(=O)O)NC(=O)[C@@H]1CCCN(C(=O)COC2CCNCC2)C1. The number of amides is 2. The highest BCUT2D eigenvalue weighted by molar-refractivity contribution is 5.82. The second-order valence-electron chi connectivity index (χ2n) is 6.76. The molecule has 0 aromatic heterocycles. The van der Waals surface area contributed by atoms with E-state index in [1.165, 1.54) is 0 Å². The van der Waals surface area contributed by atoms with Gasteiger partial charge in [0, 0.05) is 13.1 Å². The first-order valence-corrected chi connectivity index (χ1v) is 9.08. The zero-order chi connectivity index (χ0) is 18.9. The van der Waals surface area contributed by atoms with E-state index < -0.39 is 12.0 Å². The van der Waals surface area contributed by atoms with Crippen LogP contribution in [0.4, 0.5) is 0 Å².